The molecular weight excluding hydrogens is 889 g/mol. The number of hydrogen-bond acceptors (Lipinski definition) is 12. The molecule has 4 heterocycles. The van der Waals surface area contributed by atoms with Gasteiger partial charge < -0.3 is 51.0 Å². The second kappa shape index (κ2) is 19.4. The van der Waals surface area contributed by atoms with Crippen molar-refractivity contribution in [2.45, 2.75) is 82.8 Å². The number of ether oxygens (including phenoxy) is 2. The van der Waals surface area contributed by atoms with Gasteiger partial charge in [-0.25, -0.2) is 14.6 Å². The summed E-state index contributed by atoms with van der Waals surface area (Å²) >= 11 is 0. The largest absolute Gasteiger partial charge is 0.458 e. The molecule has 0 fully saturated rings. The van der Waals surface area contributed by atoms with Gasteiger partial charge in [-0.15, -0.1) is 0 Å². The van der Waals surface area contributed by atoms with E-state index in [1.54, 1.807) is 24.6 Å². The average Bonchev–Trinajstić information content (AvgIpc) is 3.87. The lowest BCUT2D eigenvalue weighted by Crippen LogP contribution is -2.56. The van der Waals surface area contributed by atoms with Gasteiger partial charge in [-0.3, -0.25) is 28.8 Å². The highest BCUT2D eigenvalue weighted by atomic mass is 16.6. The number of amides is 6. The first-order valence-corrected chi connectivity index (χ1v) is 22.6. The van der Waals surface area contributed by atoms with Crippen molar-refractivity contribution < 1.29 is 48.1 Å². The Balaban J connectivity index is 0.848. The van der Waals surface area contributed by atoms with Crippen LogP contribution in [-0.2, 0) is 63.4 Å². The number of benzene rings is 3. The van der Waals surface area contributed by atoms with Crippen molar-refractivity contribution in [3.8, 4) is 22.5 Å². The van der Waals surface area contributed by atoms with E-state index < -0.39 is 83.8 Å². The number of primary amides is 1. The number of nitrogens with two attached hydrogens (primary N) is 1. The SMILES string of the molecule is CC[C@@]1(O)C(=O)OCc2c1cc1n(c2=O)Cc2c-1nc1ccccc1c2CCN(C)C(=O)CNC(=O)[C@H](CC(N)=O)NC(=O)[C@H](C)NC(=O)[C@H](C)NC(=O)OCC1c2ccccc2-c2ccccc21. The van der Waals surface area contributed by atoms with Crippen LogP contribution in [0.3, 0.4) is 0 Å². The number of carbonyl (C=O) groups excluding carboxylic acids is 7. The first-order chi connectivity index (χ1) is 33.0. The van der Waals surface area contributed by atoms with E-state index >= 15 is 0 Å². The third-order valence-corrected chi connectivity index (χ3v) is 13.1. The number of rotatable bonds is 16. The Morgan fingerprint density at radius 1 is 0.899 bits per heavy atom. The van der Waals surface area contributed by atoms with E-state index in [4.69, 9.17) is 20.2 Å². The second-order valence-electron chi connectivity index (χ2n) is 17.5. The Morgan fingerprint density at radius 3 is 2.22 bits per heavy atom. The zero-order chi connectivity index (χ0) is 49.3. The smallest absolute Gasteiger partial charge is 0.407 e. The van der Waals surface area contributed by atoms with Crippen LogP contribution in [0.25, 0.3) is 33.4 Å². The maximum Gasteiger partial charge on any atom is 0.407 e. The molecule has 3 aromatic carbocycles. The molecule has 69 heavy (non-hydrogen) atoms. The van der Waals surface area contributed by atoms with E-state index in [0.29, 0.717) is 23.3 Å². The number of nitrogens with one attached hydrogen (secondary N) is 4. The van der Waals surface area contributed by atoms with Crippen molar-refractivity contribution >= 4 is 52.5 Å². The van der Waals surface area contributed by atoms with Gasteiger partial charge in [0.15, 0.2) is 5.60 Å². The first-order valence-electron chi connectivity index (χ1n) is 22.6. The molecule has 8 rings (SSSR count). The Hall–Kier alpha value is -7.93. The Kier molecular flexibility index (Phi) is 13.3. The molecule has 0 spiro atoms. The summed E-state index contributed by atoms with van der Waals surface area (Å²) in [5.74, 6) is -4.88. The molecule has 5 aromatic rings. The number of nitrogens with zero attached hydrogens (tertiary/aromatic N) is 3. The molecule has 6 amide bonds. The van der Waals surface area contributed by atoms with Crippen molar-refractivity contribution in [3.05, 3.63) is 123 Å². The van der Waals surface area contributed by atoms with Crippen LogP contribution >= 0.6 is 0 Å². The average molecular weight is 941 g/mol. The number of hydrogen-bond donors (Lipinski definition) is 6. The van der Waals surface area contributed by atoms with Crippen molar-refractivity contribution in [3.63, 3.8) is 0 Å². The molecule has 2 aliphatic heterocycles. The highest BCUT2D eigenvalue weighted by molar-refractivity contribution is 5.96. The van der Waals surface area contributed by atoms with Crippen LogP contribution in [-0.4, -0.2) is 106 Å². The Labute approximate surface area is 395 Å². The van der Waals surface area contributed by atoms with Gasteiger partial charge in [0.1, 0.15) is 31.3 Å². The van der Waals surface area contributed by atoms with Crippen LogP contribution in [0.4, 0.5) is 4.79 Å². The number of aromatic nitrogens is 2. The number of likely N-dealkylation sites (N-methyl/N-ethyl adjacent to an activating group) is 1. The molecule has 0 saturated carbocycles. The van der Waals surface area contributed by atoms with Gasteiger partial charge in [0, 0.05) is 36.0 Å². The van der Waals surface area contributed by atoms with E-state index in [-0.39, 0.29) is 49.8 Å². The van der Waals surface area contributed by atoms with Gasteiger partial charge in [0.05, 0.1) is 42.0 Å². The number of fused-ring (bicyclic) bond motifs is 8. The maximum atomic E-state index is 13.8. The number of cyclic esters (lactones) is 1. The molecular formula is C50H52N8O11. The minimum Gasteiger partial charge on any atom is -0.458 e. The Bertz CT molecular complexity index is 2960. The van der Waals surface area contributed by atoms with E-state index in [9.17, 15) is 43.5 Å². The molecule has 1 aliphatic carbocycles. The van der Waals surface area contributed by atoms with Crippen LogP contribution in [0.2, 0.25) is 0 Å². The summed E-state index contributed by atoms with van der Waals surface area (Å²) < 4.78 is 12.3. The molecule has 0 bridgehead atoms. The molecule has 7 N–H and O–H groups in total. The normalized spacial score (nSPS) is 16.6. The lowest BCUT2D eigenvalue weighted by Gasteiger charge is -2.31. The van der Waals surface area contributed by atoms with Gasteiger partial charge in [-0.1, -0.05) is 73.7 Å². The predicted octanol–water partition coefficient (Wildman–Crippen LogP) is 1.99. The molecule has 0 unspecified atom stereocenters. The van der Waals surface area contributed by atoms with Crippen LogP contribution in [0.1, 0.15) is 72.9 Å². The quantitative estimate of drug-likeness (QED) is 0.0761. The van der Waals surface area contributed by atoms with Crippen molar-refractivity contribution in [1.29, 1.82) is 0 Å². The summed E-state index contributed by atoms with van der Waals surface area (Å²) in [6, 6.07) is 20.9. The van der Waals surface area contributed by atoms with E-state index in [0.717, 1.165) is 38.8 Å². The highest BCUT2D eigenvalue weighted by Gasteiger charge is 2.45. The molecule has 2 aromatic heterocycles. The fourth-order valence-electron chi connectivity index (χ4n) is 9.22. The summed E-state index contributed by atoms with van der Waals surface area (Å²) in [6.07, 6.45) is -1.14. The van der Waals surface area contributed by atoms with Gasteiger partial charge in [-0.2, -0.15) is 0 Å². The highest BCUT2D eigenvalue weighted by Crippen LogP contribution is 2.45. The number of esters is 1. The summed E-state index contributed by atoms with van der Waals surface area (Å²) in [5, 5.41) is 21.9. The maximum absolute atomic E-state index is 13.8. The zero-order valence-electron chi connectivity index (χ0n) is 38.4. The number of pyridine rings is 2. The monoisotopic (exact) mass is 940 g/mol. The third-order valence-electron chi connectivity index (χ3n) is 13.1. The second-order valence-corrected chi connectivity index (χ2v) is 17.5. The lowest BCUT2D eigenvalue weighted by atomic mass is 9.86. The number of para-hydroxylation sites is 1. The predicted molar refractivity (Wildman–Crippen MR) is 250 cm³/mol. The van der Waals surface area contributed by atoms with Gasteiger partial charge in [0.2, 0.25) is 29.5 Å². The van der Waals surface area contributed by atoms with Crippen LogP contribution in [0, 0.1) is 0 Å². The molecule has 358 valence electrons. The molecule has 3 aliphatic rings. The first kappa shape index (κ1) is 47.6. The zero-order valence-corrected chi connectivity index (χ0v) is 38.4. The van der Waals surface area contributed by atoms with Crippen molar-refractivity contribution in [1.82, 2.24) is 35.7 Å². The van der Waals surface area contributed by atoms with Gasteiger partial charge >= 0.3 is 12.1 Å². The third kappa shape index (κ3) is 9.24. The number of aliphatic hydroxyl groups is 1. The number of carbonyl (C=O) groups is 7. The Morgan fingerprint density at radius 2 is 1.54 bits per heavy atom. The summed E-state index contributed by atoms with van der Waals surface area (Å²) in [4.78, 5) is 111. The molecule has 0 radical (unpaired) electrons. The van der Waals surface area contributed by atoms with Crippen LogP contribution in [0.5, 0.6) is 0 Å². The van der Waals surface area contributed by atoms with E-state index in [2.05, 4.69) is 21.3 Å². The standard InChI is InChI=1S/C50H52N8O11/c1-5-50(67)37-20-40-43-34(23-58(40)47(64)36(37)25-68-48(50)65)32(33-16-10-11-17-38(33)55-43)18-19-57(4)42(60)22-52-46(63)39(21-41(51)59)56-45(62)26(2)53-44(61)27(3)54-49(66)69-24-35-30-14-8-6-12-28(30)29-13-7-9-15-31(29)35/h6-17,20,26-27,35,39,67H,5,18-19,21-25H2,1-4H3,(H2,51,59)(H,52,63)(H,53,61)(H,54,66)(H,56,62)/t26-,27-,39-,50-/m0/s1. The van der Waals surface area contributed by atoms with Gasteiger partial charge in [0.25, 0.3) is 5.56 Å². The molecule has 19 heteroatoms. The minimum atomic E-state index is -1.99. The van der Waals surface area contributed by atoms with Crippen molar-refractivity contribution in [2.75, 3.05) is 26.7 Å². The summed E-state index contributed by atoms with van der Waals surface area (Å²) in [7, 11) is 1.55. The minimum absolute atomic E-state index is 0.000891. The molecule has 0 saturated heterocycles. The summed E-state index contributed by atoms with van der Waals surface area (Å²) in [5.41, 5.74) is 10.7. The summed E-state index contributed by atoms with van der Waals surface area (Å²) in [6.45, 7) is 3.97. The lowest BCUT2D eigenvalue weighted by molar-refractivity contribution is -0.172. The fraction of sp³-hybridized carbons (Fsp3) is 0.340. The molecule has 4 atom stereocenters. The van der Waals surface area contributed by atoms with E-state index in [1.807, 2.05) is 72.8 Å². The van der Waals surface area contributed by atoms with Crippen LogP contribution in [0.15, 0.2) is 83.7 Å². The van der Waals surface area contributed by atoms with Crippen LogP contribution < -0.4 is 32.6 Å². The topological polar surface area (TPSA) is 270 Å². The van der Waals surface area contributed by atoms with Crippen molar-refractivity contribution in [2.24, 2.45) is 5.73 Å². The number of alkyl carbamates (subject to hydrolysis) is 1. The fourth-order valence-corrected chi connectivity index (χ4v) is 9.22. The van der Waals surface area contributed by atoms with E-state index in [1.165, 1.54) is 18.7 Å². The molecule has 19 nitrogen and oxygen atoms in total. The van der Waals surface area contributed by atoms with Gasteiger partial charge in [-0.05, 0) is 66.6 Å².